The molecule has 5 nitrogen and oxygen atoms in total. The molecule has 1 N–H and O–H groups in total. The maximum absolute atomic E-state index is 13.0. The Labute approximate surface area is 178 Å². The van der Waals surface area contributed by atoms with Gasteiger partial charge in [-0.3, -0.25) is 9.48 Å². The predicted octanol–water partition coefficient (Wildman–Crippen LogP) is 3.77. The molecule has 0 aliphatic carbocycles. The smallest absolute Gasteiger partial charge is 0.272 e. The van der Waals surface area contributed by atoms with Crippen molar-refractivity contribution in [2.24, 2.45) is 13.0 Å². The van der Waals surface area contributed by atoms with Crippen molar-refractivity contribution in [2.45, 2.75) is 31.8 Å². The minimum absolute atomic E-state index is 0.0195. The lowest BCUT2D eigenvalue weighted by atomic mass is 9.72. The maximum atomic E-state index is 13.0. The van der Waals surface area contributed by atoms with Gasteiger partial charge in [0.2, 0.25) is 0 Å². The van der Waals surface area contributed by atoms with Gasteiger partial charge in [0.25, 0.3) is 5.91 Å². The molecule has 1 amide bonds. The fourth-order valence-electron chi connectivity index (χ4n) is 4.58. The number of hydrogen-bond acceptors (Lipinski definition) is 3. The molecule has 2 heterocycles. The van der Waals surface area contributed by atoms with E-state index in [1.807, 2.05) is 85.6 Å². The number of hydrogen-bond donors (Lipinski definition) is 1. The van der Waals surface area contributed by atoms with Crippen LogP contribution in [0.25, 0.3) is 0 Å². The quantitative estimate of drug-likeness (QED) is 0.705. The predicted molar refractivity (Wildman–Crippen MR) is 117 cm³/mol. The van der Waals surface area contributed by atoms with E-state index in [2.05, 4.69) is 5.10 Å². The van der Waals surface area contributed by atoms with E-state index in [1.54, 1.807) is 4.68 Å². The van der Waals surface area contributed by atoms with Gasteiger partial charge < -0.3 is 10.0 Å². The van der Waals surface area contributed by atoms with Gasteiger partial charge in [-0.25, -0.2) is 0 Å². The molecule has 0 saturated carbocycles. The van der Waals surface area contributed by atoms with Crippen molar-refractivity contribution in [1.82, 2.24) is 14.7 Å². The first kappa shape index (κ1) is 20.4. The second-order valence-electron chi connectivity index (χ2n) is 8.06. The van der Waals surface area contributed by atoms with Crippen LogP contribution in [0.5, 0.6) is 0 Å². The third-order valence-electron chi connectivity index (χ3n) is 6.31. The molecule has 0 radical (unpaired) electrons. The average molecular weight is 404 g/mol. The lowest BCUT2D eigenvalue weighted by Crippen LogP contribution is -2.46. The van der Waals surface area contributed by atoms with Crippen LogP contribution in [0.4, 0.5) is 0 Å². The van der Waals surface area contributed by atoms with Crippen LogP contribution < -0.4 is 0 Å². The van der Waals surface area contributed by atoms with Crippen LogP contribution in [0, 0.1) is 5.92 Å². The molecule has 4 rings (SSSR count). The molecular weight excluding hydrogens is 374 g/mol. The lowest BCUT2D eigenvalue weighted by molar-refractivity contribution is -0.0124. The fraction of sp³-hybridized carbons (Fsp3) is 0.360. The highest BCUT2D eigenvalue weighted by Gasteiger charge is 2.42. The minimum atomic E-state index is -1.07. The summed E-state index contributed by atoms with van der Waals surface area (Å²) in [4.78, 5) is 14.9. The summed E-state index contributed by atoms with van der Waals surface area (Å²) in [5.74, 6) is 0.0511. The van der Waals surface area contributed by atoms with Crippen LogP contribution in [0.1, 0.15) is 47.1 Å². The Hall–Kier alpha value is -2.92. The highest BCUT2D eigenvalue weighted by molar-refractivity contribution is 5.92. The second-order valence-corrected chi connectivity index (χ2v) is 8.06. The standard InChI is InChI=1S/C25H29N3O2/c1-3-22-18-23(27(2)26-22)24(29)28-16-14-21(15-17-28)25(30,19-10-6-4-7-11-19)20-12-8-5-9-13-20/h4-13,18,21,30H,3,14-17H2,1-2H3. The SMILES string of the molecule is CCc1cc(C(=O)N2CCC(C(O)(c3ccccc3)c3ccccc3)CC2)n(C)n1. The first-order chi connectivity index (χ1) is 14.5. The second kappa shape index (κ2) is 8.44. The van der Waals surface area contributed by atoms with Crippen LogP contribution >= 0.6 is 0 Å². The molecule has 0 spiro atoms. The number of aliphatic hydroxyl groups is 1. The van der Waals surface area contributed by atoms with Gasteiger partial charge in [-0.1, -0.05) is 67.6 Å². The summed E-state index contributed by atoms with van der Waals surface area (Å²) >= 11 is 0. The molecular formula is C25H29N3O2. The lowest BCUT2D eigenvalue weighted by Gasteiger charge is -2.42. The van der Waals surface area contributed by atoms with E-state index >= 15 is 0 Å². The first-order valence-corrected chi connectivity index (χ1v) is 10.7. The van der Waals surface area contributed by atoms with Crippen LogP contribution in [-0.4, -0.2) is 38.8 Å². The Balaban J connectivity index is 1.56. The van der Waals surface area contributed by atoms with Crippen molar-refractivity contribution < 1.29 is 9.90 Å². The van der Waals surface area contributed by atoms with Crippen molar-refractivity contribution in [3.63, 3.8) is 0 Å². The molecule has 1 saturated heterocycles. The van der Waals surface area contributed by atoms with Gasteiger partial charge in [-0.2, -0.15) is 5.10 Å². The topological polar surface area (TPSA) is 58.4 Å². The zero-order valence-electron chi connectivity index (χ0n) is 17.7. The molecule has 30 heavy (non-hydrogen) atoms. The number of rotatable bonds is 5. The van der Waals surface area contributed by atoms with Gasteiger partial charge in [-0.05, 0) is 42.4 Å². The van der Waals surface area contributed by atoms with Crippen molar-refractivity contribution in [3.05, 3.63) is 89.2 Å². The Morgan fingerprint density at radius 2 is 1.57 bits per heavy atom. The summed E-state index contributed by atoms with van der Waals surface area (Å²) in [6, 6.07) is 21.7. The van der Waals surface area contributed by atoms with Crippen molar-refractivity contribution in [3.8, 4) is 0 Å². The summed E-state index contributed by atoms with van der Waals surface area (Å²) in [6.45, 7) is 3.28. The van der Waals surface area contributed by atoms with Crippen molar-refractivity contribution >= 4 is 5.91 Å². The Bertz CT molecular complexity index is 950. The zero-order valence-corrected chi connectivity index (χ0v) is 17.7. The van der Waals surface area contributed by atoms with E-state index in [0.717, 1.165) is 36.1 Å². The third kappa shape index (κ3) is 3.65. The van der Waals surface area contributed by atoms with E-state index in [-0.39, 0.29) is 11.8 Å². The molecule has 3 aromatic rings. The molecule has 0 unspecified atom stereocenters. The van der Waals surface area contributed by atoms with Gasteiger partial charge in [0.05, 0.1) is 5.69 Å². The number of aromatic nitrogens is 2. The van der Waals surface area contributed by atoms with E-state index < -0.39 is 5.60 Å². The summed E-state index contributed by atoms with van der Waals surface area (Å²) in [5.41, 5.74) is 2.30. The maximum Gasteiger partial charge on any atom is 0.272 e. The highest BCUT2D eigenvalue weighted by atomic mass is 16.3. The van der Waals surface area contributed by atoms with Crippen molar-refractivity contribution in [2.75, 3.05) is 13.1 Å². The molecule has 1 aliphatic rings. The number of likely N-dealkylation sites (tertiary alicyclic amines) is 1. The zero-order chi connectivity index (χ0) is 21.1. The van der Waals surface area contributed by atoms with Gasteiger partial charge >= 0.3 is 0 Å². The summed E-state index contributed by atoms with van der Waals surface area (Å²) < 4.78 is 1.68. The number of benzene rings is 2. The molecule has 5 heteroatoms. The Morgan fingerprint density at radius 1 is 1.03 bits per heavy atom. The third-order valence-corrected chi connectivity index (χ3v) is 6.31. The largest absolute Gasteiger partial charge is 0.380 e. The molecule has 2 aromatic carbocycles. The number of amides is 1. The summed E-state index contributed by atoms with van der Waals surface area (Å²) in [7, 11) is 1.82. The fourth-order valence-corrected chi connectivity index (χ4v) is 4.58. The first-order valence-electron chi connectivity index (χ1n) is 10.7. The summed E-state index contributed by atoms with van der Waals surface area (Å²) in [5, 5.41) is 16.4. The van der Waals surface area contributed by atoms with E-state index in [0.29, 0.717) is 18.8 Å². The van der Waals surface area contributed by atoms with Crippen LogP contribution in [0.2, 0.25) is 0 Å². The van der Waals surface area contributed by atoms with Gasteiger partial charge in [0.15, 0.2) is 0 Å². The number of nitrogens with zero attached hydrogens (tertiary/aromatic N) is 3. The molecule has 0 atom stereocenters. The molecule has 1 aliphatic heterocycles. The Morgan fingerprint density at radius 3 is 2.03 bits per heavy atom. The summed E-state index contributed by atoms with van der Waals surface area (Å²) in [6.07, 6.45) is 2.29. The molecule has 1 fully saturated rings. The van der Waals surface area contributed by atoms with E-state index in [9.17, 15) is 9.90 Å². The van der Waals surface area contributed by atoms with E-state index in [1.165, 1.54) is 0 Å². The molecule has 156 valence electrons. The normalized spacial score (nSPS) is 15.4. The van der Waals surface area contributed by atoms with Gasteiger partial charge in [-0.15, -0.1) is 0 Å². The number of carbonyl (C=O) groups excluding carboxylic acids is 1. The van der Waals surface area contributed by atoms with Gasteiger partial charge in [0.1, 0.15) is 11.3 Å². The van der Waals surface area contributed by atoms with Crippen LogP contribution in [0.3, 0.4) is 0 Å². The minimum Gasteiger partial charge on any atom is -0.380 e. The van der Waals surface area contributed by atoms with Crippen LogP contribution in [-0.2, 0) is 19.1 Å². The number of carbonyl (C=O) groups is 1. The Kier molecular flexibility index (Phi) is 5.73. The average Bonchev–Trinajstić information content (AvgIpc) is 3.20. The van der Waals surface area contributed by atoms with Crippen LogP contribution in [0.15, 0.2) is 66.7 Å². The highest BCUT2D eigenvalue weighted by Crippen LogP contribution is 2.42. The number of piperidine rings is 1. The number of aryl methyl sites for hydroxylation is 2. The van der Waals surface area contributed by atoms with Crippen molar-refractivity contribution in [1.29, 1.82) is 0 Å². The molecule has 1 aromatic heterocycles. The van der Waals surface area contributed by atoms with E-state index in [4.69, 9.17) is 0 Å². The van der Waals surface area contributed by atoms with Gasteiger partial charge in [0, 0.05) is 20.1 Å². The monoisotopic (exact) mass is 403 g/mol. The molecule has 0 bridgehead atoms.